The van der Waals surface area contributed by atoms with Gasteiger partial charge in [-0.3, -0.25) is 4.79 Å². The van der Waals surface area contributed by atoms with Crippen LogP contribution in [0.25, 0.3) is 6.08 Å². The summed E-state index contributed by atoms with van der Waals surface area (Å²) in [7, 11) is 1.26. The van der Waals surface area contributed by atoms with Gasteiger partial charge in [-0.2, -0.15) is 0 Å². The van der Waals surface area contributed by atoms with Gasteiger partial charge in [-0.1, -0.05) is 6.07 Å². The minimum absolute atomic E-state index is 0.00650. The van der Waals surface area contributed by atoms with E-state index in [0.29, 0.717) is 5.56 Å². The van der Waals surface area contributed by atoms with Crippen LogP contribution in [-0.2, 0) is 9.53 Å². The first-order valence-corrected chi connectivity index (χ1v) is 4.61. The Morgan fingerprint density at radius 1 is 1.38 bits per heavy atom. The van der Waals surface area contributed by atoms with E-state index in [9.17, 15) is 14.0 Å². The molecular weight excluding hydrogens is 211 g/mol. The molecule has 0 aliphatic rings. The van der Waals surface area contributed by atoms with Crippen LogP contribution in [-0.4, -0.2) is 18.9 Å². The highest BCUT2D eigenvalue weighted by atomic mass is 19.1. The fourth-order valence-corrected chi connectivity index (χ4v) is 1.15. The maximum Gasteiger partial charge on any atom is 0.330 e. The molecule has 0 aliphatic carbocycles. The molecule has 0 spiro atoms. The number of ether oxygens (including phenoxy) is 1. The van der Waals surface area contributed by atoms with Crippen molar-refractivity contribution in [3.05, 3.63) is 41.2 Å². The zero-order valence-corrected chi connectivity index (χ0v) is 8.99. The van der Waals surface area contributed by atoms with Crippen molar-refractivity contribution in [2.75, 3.05) is 7.11 Å². The Morgan fingerprint density at radius 2 is 2.06 bits per heavy atom. The van der Waals surface area contributed by atoms with Crippen LogP contribution >= 0.6 is 0 Å². The summed E-state index contributed by atoms with van der Waals surface area (Å²) in [6.45, 7) is 1.28. The van der Waals surface area contributed by atoms with E-state index >= 15 is 0 Å². The predicted octanol–water partition coefficient (Wildman–Crippen LogP) is 2.21. The molecule has 1 aromatic rings. The molecule has 0 bridgehead atoms. The molecule has 0 aromatic heterocycles. The first-order valence-electron chi connectivity index (χ1n) is 4.61. The van der Waals surface area contributed by atoms with E-state index in [1.54, 1.807) is 0 Å². The third-order valence-corrected chi connectivity index (χ3v) is 1.98. The van der Waals surface area contributed by atoms with Gasteiger partial charge in [0.15, 0.2) is 5.78 Å². The highest BCUT2D eigenvalue weighted by Gasteiger charge is 2.06. The molecule has 1 aromatic carbocycles. The van der Waals surface area contributed by atoms with Crippen LogP contribution in [0, 0.1) is 5.82 Å². The van der Waals surface area contributed by atoms with Crippen LogP contribution in [0.2, 0.25) is 0 Å². The van der Waals surface area contributed by atoms with Crippen molar-refractivity contribution in [1.82, 2.24) is 0 Å². The van der Waals surface area contributed by atoms with Crippen molar-refractivity contribution in [2.24, 2.45) is 0 Å². The summed E-state index contributed by atoms with van der Waals surface area (Å²) in [6, 6.07) is 4.05. The number of rotatable bonds is 3. The number of esters is 1. The minimum atomic E-state index is -0.567. The van der Waals surface area contributed by atoms with Crippen molar-refractivity contribution in [3.63, 3.8) is 0 Å². The summed E-state index contributed by atoms with van der Waals surface area (Å²) in [5.41, 5.74) is 0.573. The fourth-order valence-electron chi connectivity index (χ4n) is 1.15. The van der Waals surface area contributed by atoms with Gasteiger partial charge in [0.25, 0.3) is 0 Å². The van der Waals surface area contributed by atoms with Crippen LogP contribution in [0.1, 0.15) is 22.8 Å². The number of methoxy groups -OCH3 is 1. The third kappa shape index (κ3) is 3.02. The second kappa shape index (κ2) is 5.21. The Bertz CT molecular complexity index is 450. The third-order valence-electron chi connectivity index (χ3n) is 1.98. The lowest BCUT2D eigenvalue weighted by Crippen LogP contribution is -1.97. The van der Waals surface area contributed by atoms with Crippen LogP contribution in [0.5, 0.6) is 0 Å². The van der Waals surface area contributed by atoms with Gasteiger partial charge in [0.1, 0.15) is 5.82 Å². The predicted molar refractivity (Wildman–Crippen MR) is 57.5 cm³/mol. The Hall–Kier alpha value is -1.97. The van der Waals surface area contributed by atoms with Gasteiger partial charge in [-0.25, -0.2) is 9.18 Å². The number of halogens is 1. The maximum atomic E-state index is 13.1. The summed E-state index contributed by atoms with van der Waals surface area (Å²) in [4.78, 5) is 21.9. The van der Waals surface area contributed by atoms with Crippen LogP contribution in [0.15, 0.2) is 24.3 Å². The Morgan fingerprint density at radius 3 is 2.62 bits per heavy atom. The molecule has 1 rings (SSSR count). The van der Waals surface area contributed by atoms with E-state index in [4.69, 9.17) is 0 Å². The van der Waals surface area contributed by atoms with Crippen molar-refractivity contribution < 1.29 is 18.7 Å². The fraction of sp³-hybridized carbons (Fsp3) is 0.167. The first-order chi connectivity index (χ1) is 7.54. The average Bonchev–Trinajstić information content (AvgIpc) is 2.27. The SMILES string of the molecule is COC(=O)C=Cc1ccc(F)c(C(C)=O)c1. The van der Waals surface area contributed by atoms with Crippen molar-refractivity contribution in [1.29, 1.82) is 0 Å². The lowest BCUT2D eigenvalue weighted by molar-refractivity contribution is -0.134. The lowest BCUT2D eigenvalue weighted by Gasteiger charge is -2.00. The number of hydrogen-bond donors (Lipinski definition) is 0. The van der Waals surface area contributed by atoms with E-state index in [0.717, 1.165) is 0 Å². The molecule has 0 heterocycles. The molecule has 84 valence electrons. The van der Waals surface area contributed by atoms with E-state index in [-0.39, 0.29) is 11.3 Å². The number of ketones is 1. The molecule has 0 aliphatic heterocycles. The molecular formula is C12H11FO3. The number of Topliss-reactive ketones (excluding diaryl/α,β-unsaturated/α-hetero) is 1. The Labute approximate surface area is 92.5 Å². The second-order valence-electron chi connectivity index (χ2n) is 3.15. The average molecular weight is 222 g/mol. The normalized spacial score (nSPS) is 10.4. The van der Waals surface area contributed by atoms with Crippen molar-refractivity contribution >= 4 is 17.8 Å². The van der Waals surface area contributed by atoms with E-state index in [2.05, 4.69) is 4.74 Å². The Balaban J connectivity index is 2.99. The topological polar surface area (TPSA) is 43.4 Å². The summed E-state index contributed by atoms with van der Waals surface area (Å²) < 4.78 is 17.6. The van der Waals surface area contributed by atoms with Gasteiger partial charge < -0.3 is 4.74 Å². The van der Waals surface area contributed by atoms with Crippen LogP contribution < -0.4 is 0 Å². The molecule has 0 fully saturated rings. The zero-order valence-electron chi connectivity index (χ0n) is 8.99. The van der Waals surface area contributed by atoms with Gasteiger partial charge in [-0.15, -0.1) is 0 Å². The first kappa shape index (κ1) is 12.1. The molecule has 4 heteroatoms. The summed E-state index contributed by atoms with van der Waals surface area (Å²) >= 11 is 0. The molecule has 0 unspecified atom stereocenters. The Kier molecular flexibility index (Phi) is 3.94. The number of carbonyl (C=O) groups excluding carboxylic acids is 2. The summed E-state index contributed by atoms with van der Waals surface area (Å²) in [6.07, 6.45) is 2.66. The molecule has 0 radical (unpaired) electrons. The monoisotopic (exact) mass is 222 g/mol. The maximum absolute atomic E-state index is 13.1. The highest BCUT2D eigenvalue weighted by Crippen LogP contribution is 2.12. The van der Waals surface area contributed by atoms with E-state index < -0.39 is 11.8 Å². The largest absolute Gasteiger partial charge is 0.466 e. The molecule has 0 atom stereocenters. The van der Waals surface area contributed by atoms with Crippen molar-refractivity contribution in [3.8, 4) is 0 Å². The van der Waals surface area contributed by atoms with E-state index in [1.165, 1.54) is 44.4 Å². The number of benzene rings is 1. The van der Waals surface area contributed by atoms with Gasteiger partial charge in [0, 0.05) is 6.08 Å². The molecule has 16 heavy (non-hydrogen) atoms. The van der Waals surface area contributed by atoms with Gasteiger partial charge in [0.2, 0.25) is 0 Å². The quantitative estimate of drug-likeness (QED) is 0.447. The number of hydrogen-bond acceptors (Lipinski definition) is 3. The van der Waals surface area contributed by atoms with Crippen LogP contribution in [0.3, 0.4) is 0 Å². The molecule has 0 saturated heterocycles. The summed E-state index contributed by atoms with van der Waals surface area (Å²) in [5, 5.41) is 0. The molecule has 0 saturated carbocycles. The zero-order chi connectivity index (χ0) is 12.1. The molecule has 0 N–H and O–H groups in total. The highest BCUT2D eigenvalue weighted by molar-refractivity contribution is 5.95. The van der Waals surface area contributed by atoms with Gasteiger partial charge in [-0.05, 0) is 30.7 Å². The van der Waals surface area contributed by atoms with Crippen LogP contribution in [0.4, 0.5) is 4.39 Å². The summed E-state index contributed by atoms with van der Waals surface area (Å²) in [5.74, 6) is -1.43. The lowest BCUT2D eigenvalue weighted by atomic mass is 10.1. The minimum Gasteiger partial charge on any atom is -0.466 e. The standard InChI is InChI=1S/C12H11FO3/c1-8(14)10-7-9(3-5-11(10)13)4-6-12(15)16-2/h3-7H,1-2H3. The molecule has 0 amide bonds. The van der Waals surface area contributed by atoms with E-state index in [1.807, 2.05) is 0 Å². The number of carbonyl (C=O) groups is 2. The van der Waals surface area contributed by atoms with Gasteiger partial charge >= 0.3 is 5.97 Å². The van der Waals surface area contributed by atoms with Gasteiger partial charge in [0.05, 0.1) is 12.7 Å². The van der Waals surface area contributed by atoms with Crippen molar-refractivity contribution in [2.45, 2.75) is 6.92 Å². The second-order valence-corrected chi connectivity index (χ2v) is 3.15. The smallest absolute Gasteiger partial charge is 0.330 e. The molecule has 3 nitrogen and oxygen atoms in total.